The Labute approximate surface area is 88.7 Å². The average Bonchev–Trinajstić information content (AvgIpc) is 2.18. The summed E-state index contributed by atoms with van der Waals surface area (Å²) in [5, 5.41) is 0. The predicted molar refractivity (Wildman–Crippen MR) is 59.6 cm³/mol. The fraction of sp³-hybridized carbons (Fsp3) is 0.300. The lowest BCUT2D eigenvalue weighted by Gasteiger charge is -2.28. The molecule has 1 aromatic carbocycles. The molecule has 0 saturated heterocycles. The normalized spacial score (nSPS) is 17.4. The molecule has 0 unspecified atom stereocenters. The average molecular weight is 210 g/mol. The fourth-order valence-electron chi connectivity index (χ4n) is 1.49. The highest BCUT2D eigenvalue weighted by Crippen LogP contribution is 2.20. The first-order chi connectivity index (χ1) is 6.77. The molecule has 1 aliphatic rings. The van der Waals surface area contributed by atoms with Crippen LogP contribution in [0.15, 0.2) is 29.3 Å². The Bertz CT molecular complexity index is 351. The van der Waals surface area contributed by atoms with E-state index in [-0.39, 0.29) is 0 Å². The van der Waals surface area contributed by atoms with Crippen molar-refractivity contribution < 1.29 is 0 Å². The van der Waals surface area contributed by atoms with Crippen LogP contribution >= 0.6 is 11.8 Å². The maximum atomic E-state index is 5.89. The van der Waals surface area contributed by atoms with Gasteiger partial charge in [0.1, 0.15) is 6.67 Å². The lowest BCUT2D eigenvalue weighted by Crippen LogP contribution is -2.36. The SMILES string of the molecule is Cc1ccccc1N1C=NCN(Cl)C1. The van der Waals surface area contributed by atoms with Gasteiger partial charge in [-0.25, -0.2) is 0 Å². The number of nitrogens with zero attached hydrogens (tertiary/aromatic N) is 3. The van der Waals surface area contributed by atoms with Crippen molar-refractivity contribution >= 4 is 23.8 Å². The number of halogens is 1. The molecule has 0 aliphatic carbocycles. The number of rotatable bonds is 1. The highest BCUT2D eigenvalue weighted by molar-refractivity contribution is 6.13. The summed E-state index contributed by atoms with van der Waals surface area (Å²) >= 11 is 5.89. The van der Waals surface area contributed by atoms with Crippen LogP contribution in [0.5, 0.6) is 0 Å². The summed E-state index contributed by atoms with van der Waals surface area (Å²) < 4.78 is 1.65. The van der Waals surface area contributed by atoms with Crippen molar-refractivity contribution in [1.82, 2.24) is 4.42 Å². The van der Waals surface area contributed by atoms with Gasteiger partial charge in [-0.2, -0.15) is 4.42 Å². The van der Waals surface area contributed by atoms with E-state index in [4.69, 9.17) is 11.8 Å². The molecule has 4 heteroatoms. The summed E-state index contributed by atoms with van der Waals surface area (Å²) in [5.74, 6) is 0. The van der Waals surface area contributed by atoms with Crippen LogP contribution < -0.4 is 4.90 Å². The molecule has 0 saturated carbocycles. The molecule has 74 valence electrons. The molecule has 0 aromatic heterocycles. The molecule has 0 atom stereocenters. The van der Waals surface area contributed by atoms with Crippen molar-refractivity contribution in [2.45, 2.75) is 6.92 Å². The van der Waals surface area contributed by atoms with E-state index in [1.807, 2.05) is 23.4 Å². The molecule has 0 amide bonds. The Morgan fingerprint density at radius 1 is 1.36 bits per heavy atom. The first kappa shape index (κ1) is 9.49. The van der Waals surface area contributed by atoms with Gasteiger partial charge in [0.05, 0.1) is 13.0 Å². The summed E-state index contributed by atoms with van der Waals surface area (Å²) in [5.41, 5.74) is 2.38. The third kappa shape index (κ3) is 1.89. The maximum Gasteiger partial charge on any atom is 0.108 e. The molecule has 0 spiro atoms. The van der Waals surface area contributed by atoms with Gasteiger partial charge in [0.15, 0.2) is 0 Å². The quantitative estimate of drug-likeness (QED) is 0.661. The van der Waals surface area contributed by atoms with Crippen molar-refractivity contribution in [2.75, 3.05) is 18.2 Å². The van der Waals surface area contributed by atoms with Crippen molar-refractivity contribution in [3.05, 3.63) is 29.8 Å². The first-order valence-corrected chi connectivity index (χ1v) is 4.84. The zero-order valence-corrected chi connectivity index (χ0v) is 8.78. The Morgan fingerprint density at radius 3 is 2.86 bits per heavy atom. The molecule has 0 bridgehead atoms. The predicted octanol–water partition coefficient (Wildman–Crippen LogP) is 2.21. The molecule has 14 heavy (non-hydrogen) atoms. The largest absolute Gasteiger partial charge is 0.318 e. The number of aryl methyl sites for hydroxylation is 1. The van der Waals surface area contributed by atoms with Crippen LogP contribution in [0.2, 0.25) is 0 Å². The van der Waals surface area contributed by atoms with Crippen LogP contribution in [0.1, 0.15) is 5.56 Å². The Balaban J connectivity index is 2.27. The van der Waals surface area contributed by atoms with E-state index in [1.54, 1.807) is 4.42 Å². The Kier molecular flexibility index (Phi) is 2.70. The maximum absolute atomic E-state index is 5.89. The second kappa shape index (κ2) is 3.98. The Morgan fingerprint density at radius 2 is 2.14 bits per heavy atom. The van der Waals surface area contributed by atoms with E-state index in [2.05, 4.69) is 24.0 Å². The molecule has 2 rings (SSSR count). The van der Waals surface area contributed by atoms with Crippen LogP contribution in [-0.2, 0) is 0 Å². The van der Waals surface area contributed by atoms with Gasteiger partial charge < -0.3 is 4.90 Å². The lowest BCUT2D eigenvalue weighted by molar-refractivity contribution is 0.469. The third-order valence-corrected chi connectivity index (χ3v) is 2.40. The minimum atomic E-state index is 0.559. The van der Waals surface area contributed by atoms with E-state index in [9.17, 15) is 0 Å². The topological polar surface area (TPSA) is 18.8 Å². The van der Waals surface area contributed by atoms with Crippen molar-refractivity contribution in [3.8, 4) is 0 Å². The van der Waals surface area contributed by atoms with Crippen LogP contribution in [0, 0.1) is 6.92 Å². The smallest absolute Gasteiger partial charge is 0.108 e. The number of aliphatic imine (C=N–C) groups is 1. The second-order valence-corrected chi connectivity index (χ2v) is 3.78. The molecule has 1 aromatic rings. The van der Waals surface area contributed by atoms with E-state index in [0.29, 0.717) is 13.3 Å². The fourth-order valence-corrected chi connectivity index (χ4v) is 1.67. The van der Waals surface area contributed by atoms with Crippen LogP contribution in [0.3, 0.4) is 0 Å². The molecule has 3 nitrogen and oxygen atoms in total. The molecule has 1 heterocycles. The molecular weight excluding hydrogens is 198 g/mol. The number of benzene rings is 1. The standard InChI is InChI=1S/C10H12ClN3/c1-9-4-2-3-5-10(9)13-6-12-7-14(11)8-13/h2-6H,7-8H2,1H3. The van der Waals surface area contributed by atoms with Gasteiger partial charge in [0.25, 0.3) is 0 Å². The number of para-hydroxylation sites is 1. The summed E-state index contributed by atoms with van der Waals surface area (Å²) in [6.07, 6.45) is 1.83. The zero-order chi connectivity index (χ0) is 9.97. The van der Waals surface area contributed by atoms with Gasteiger partial charge in [-0.3, -0.25) is 4.99 Å². The Hall–Kier alpha value is -1.06. The number of anilines is 1. The van der Waals surface area contributed by atoms with Gasteiger partial charge in [-0.05, 0) is 30.3 Å². The monoisotopic (exact) mass is 209 g/mol. The zero-order valence-electron chi connectivity index (χ0n) is 8.02. The molecule has 0 fully saturated rings. The molecule has 0 radical (unpaired) electrons. The van der Waals surface area contributed by atoms with Crippen LogP contribution in [0.25, 0.3) is 0 Å². The van der Waals surface area contributed by atoms with Gasteiger partial charge in [-0.15, -0.1) is 0 Å². The van der Waals surface area contributed by atoms with Gasteiger partial charge in [-0.1, -0.05) is 18.2 Å². The highest BCUT2D eigenvalue weighted by Gasteiger charge is 2.13. The lowest BCUT2D eigenvalue weighted by atomic mass is 10.2. The molecular formula is C10H12ClN3. The summed E-state index contributed by atoms with van der Waals surface area (Å²) in [6.45, 7) is 3.32. The summed E-state index contributed by atoms with van der Waals surface area (Å²) in [4.78, 5) is 6.19. The van der Waals surface area contributed by atoms with E-state index in [0.717, 1.165) is 5.69 Å². The number of hydrogen-bond acceptors (Lipinski definition) is 3. The number of hydrogen-bond donors (Lipinski definition) is 0. The first-order valence-electron chi connectivity index (χ1n) is 4.50. The summed E-state index contributed by atoms with van der Waals surface area (Å²) in [6, 6.07) is 8.19. The van der Waals surface area contributed by atoms with E-state index >= 15 is 0 Å². The molecule has 0 N–H and O–H groups in total. The minimum absolute atomic E-state index is 0.559. The van der Waals surface area contributed by atoms with Gasteiger partial charge in [0, 0.05) is 5.69 Å². The minimum Gasteiger partial charge on any atom is -0.318 e. The van der Waals surface area contributed by atoms with Crippen molar-refractivity contribution in [3.63, 3.8) is 0 Å². The van der Waals surface area contributed by atoms with Crippen LogP contribution in [-0.4, -0.2) is 24.1 Å². The highest BCUT2D eigenvalue weighted by atomic mass is 35.5. The van der Waals surface area contributed by atoms with Crippen LogP contribution in [0.4, 0.5) is 5.69 Å². The van der Waals surface area contributed by atoms with E-state index < -0.39 is 0 Å². The second-order valence-electron chi connectivity index (χ2n) is 3.30. The van der Waals surface area contributed by atoms with Gasteiger partial charge >= 0.3 is 0 Å². The third-order valence-electron chi connectivity index (χ3n) is 2.19. The van der Waals surface area contributed by atoms with Gasteiger partial charge in [0.2, 0.25) is 0 Å². The van der Waals surface area contributed by atoms with Crippen molar-refractivity contribution in [2.24, 2.45) is 4.99 Å². The van der Waals surface area contributed by atoms with E-state index in [1.165, 1.54) is 5.56 Å². The van der Waals surface area contributed by atoms with Crippen molar-refractivity contribution in [1.29, 1.82) is 0 Å². The summed E-state index contributed by atoms with van der Waals surface area (Å²) in [7, 11) is 0. The molecule has 1 aliphatic heterocycles.